The number of methoxy groups -OCH3 is 2. The van der Waals surface area contributed by atoms with E-state index in [1.807, 2.05) is 135 Å². The van der Waals surface area contributed by atoms with Gasteiger partial charge in [-0.15, -0.1) is 0 Å². The summed E-state index contributed by atoms with van der Waals surface area (Å²) < 4.78 is 87.8. The molecule has 0 unspecified atom stereocenters. The van der Waals surface area contributed by atoms with E-state index in [1.54, 1.807) is 50.6 Å². The van der Waals surface area contributed by atoms with Crippen LogP contribution in [-0.4, -0.2) is 84.3 Å². The van der Waals surface area contributed by atoms with Gasteiger partial charge in [-0.1, -0.05) is 121 Å². The van der Waals surface area contributed by atoms with Crippen LogP contribution in [0.3, 0.4) is 0 Å². The maximum Gasteiger partial charge on any atom is 0.282 e. The van der Waals surface area contributed by atoms with Crippen molar-refractivity contribution in [3.63, 3.8) is 0 Å². The van der Waals surface area contributed by atoms with E-state index in [9.17, 15) is 27.0 Å². The highest BCUT2D eigenvalue weighted by atomic mass is 32.2. The fourth-order valence-corrected chi connectivity index (χ4v) is 12.1. The lowest BCUT2D eigenvalue weighted by Gasteiger charge is -2.23. The highest BCUT2D eigenvalue weighted by Crippen LogP contribution is 2.39. The maximum atomic E-state index is 13.8. The molecule has 0 radical (unpaired) electrons. The van der Waals surface area contributed by atoms with E-state index in [2.05, 4.69) is 8.80 Å². The molecule has 8 aromatic rings. The number of nitrogens with zero attached hydrogens (tertiary/aromatic N) is 4. The lowest BCUT2D eigenvalue weighted by molar-refractivity contribution is -0.220. The quantitative estimate of drug-likeness (QED) is 0.0761. The molecule has 0 fully saturated rings. The highest BCUT2D eigenvalue weighted by Gasteiger charge is 2.24. The van der Waals surface area contributed by atoms with Crippen LogP contribution in [0.4, 0.5) is 11.4 Å². The molecule has 0 spiro atoms. The average molecular weight is 1030 g/mol. The van der Waals surface area contributed by atoms with Crippen LogP contribution in [0.5, 0.6) is 23.0 Å². The van der Waals surface area contributed by atoms with Crippen LogP contribution >= 0.6 is 0 Å². The summed E-state index contributed by atoms with van der Waals surface area (Å²) in [7, 11) is 1.73. The number of hydrogen-bond donors (Lipinski definition) is 0. The number of rotatable bonds is 14. The predicted octanol–water partition coefficient (Wildman–Crippen LogP) is 7.87. The first kappa shape index (κ1) is 50.8. The Balaban J connectivity index is 1.07. The van der Waals surface area contributed by atoms with E-state index in [0.717, 1.165) is 33.6 Å². The molecule has 0 saturated heterocycles. The van der Waals surface area contributed by atoms with Crippen LogP contribution in [0.2, 0.25) is 0 Å². The number of para-hydroxylation sites is 4. The molecule has 16 heteroatoms. The van der Waals surface area contributed by atoms with Gasteiger partial charge >= 0.3 is 0 Å². The summed E-state index contributed by atoms with van der Waals surface area (Å²) in [5, 5.41) is 29.6. The van der Waals surface area contributed by atoms with E-state index in [4.69, 9.17) is 18.9 Å². The summed E-state index contributed by atoms with van der Waals surface area (Å²) >= 11 is 0. The zero-order valence-corrected chi connectivity index (χ0v) is 43.4. The molecule has 0 atom stereocenters. The Kier molecular flexibility index (Phi) is 14.5. The Morgan fingerprint density at radius 2 is 0.689 bits per heavy atom. The summed E-state index contributed by atoms with van der Waals surface area (Å²) in [6, 6.07) is 43.4. The standard InChI is InChI=1S/C58H56N4O10S2/c1-61(2)49-27-11-25-47-45(49)23-13-29-51(47)73(65,66)59-53(63)35-71-57-41-19-9-20-42(57)32-38-16-8-18-40(56(38)70-6)34-44-22-10-21-43(33-39-17-7-15-37(31-41)55(39)69-5)58(44)72-36-54(64)60-74(67,68)52-30-14-24-46-48(52)26-12-28-50(46)62(3)4/h7-30H,31-36H2,1-6H3,(H,59,63)(H,60,64)/p-2. The third-order valence-electron chi connectivity index (χ3n) is 13.0. The lowest BCUT2D eigenvalue weighted by atomic mass is 9.91. The van der Waals surface area contributed by atoms with Gasteiger partial charge in [-0.05, 0) is 68.8 Å². The van der Waals surface area contributed by atoms with Gasteiger partial charge in [-0.3, -0.25) is 0 Å². The van der Waals surface area contributed by atoms with Crippen molar-refractivity contribution in [2.24, 2.45) is 8.80 Å². The van der Waals surface area contributed by atoms with Crippen LogP contribution in [0, 0.1) is 0 Å². The molecular formula is C58H54N4O10S2-2. The zero-order valence-electron chi connectivity index (χ0n) is 41.8. The molecule has 0 amide bonds. The topological polar surface area (TPSA) is 183 Å². The third-order valence-corrected chi connectivity index (χ3v) is 15.7. The zero-order chi connectivity index (χ0) is 52.3. The minimum atomic E-state index is -4.45. The van der Waals surface area contributed by atoms with Crippen molar-refractivity contribution in [3.05, 3.63) is 190 Å². The summed E-state index contributed by atoms with van der Waals surface area (Å²) in [6.45, 7) is -1.32. The molecule has 74 heavy (non-hydrogen) atoms. The molecule has 8 aromatic carbocycles. The van der Waals surface area contributed by atoms with Crippen LogP contribution in [0.15, 0.2) is 164 Å². The molecule has 0 heterocycles. The van der Waals surface area contributed by atoms with Crippen LogP contribution in [0.25, 0.3) is 21.5 Å². The van der Waals surface area contributed by atoms with Crippen molar-refractivity contribution in [2.75, 3.05) is 65.4 Å². The number of hydrogen-bond acceptors (Lipinski definition) is 12. The Morgan fingerprint density at radius 1 is 0.419 bits per heavy atom. The van der Waals surface area contributed by atoms with Crippen molar-refractivity contribution in [3.8, 4) is 23.0 Å². The molecule has 1 aliphatic carbocycles. The van der Waals surface area contributed by atoms with E-state index in [-0.39, 0.29) is 35.5 Å². The Hall–Kier alpha value is -8.08. The van der Waals surface area contributed by atoms with Gasteiger partial charge in [0.25, 0.3) is 20.0 Å². The second-order valence-corrected chi connectivity index (χ2v) is 21.4. The molecule has 0 saturated carbocycles. The number of sulfonamides is 2. The molecule has 9 rings (SSSR count). The number of ether oxygens (including phenoxy) is 4. The van der Waals surface area contributed by atoms with Crippen LogP contribution < -0.4 is 39.0 Å². The largest absolute Gasteiger partial charge is 0.859 e. The smallest absolute Gasteiger partial charge is 0.282 e. The van der Waals surface area contributed by atoms with Gasteiger partial charge in [0.15, 0.2) is 0 Å². The normalized spacial score (nSPS) is 13.1. The van der Waals surface area contributed by atoms with Crippen LogP contribution in [-0.2, 0) is 45.7 Å². The first-order valence-electron chi connectivity index (χ1n) is 23.7. The number of fused-ring (bicyclic) bond motifs is 10. The molecule has 0 aromatic heterocycles. The van der Waals surface area contributed by atoms with Gasteiger partial charge in [-0.2, -0.15) is 25.6 Å². The van der Waals surface area contributed by atoms with Crippen molar-refractivity contribution in [1.29, 1.82) is 0 Å². The van der Waals surface area contributed by atoms with Gasteiger partial charge < -0.3 is 39.0 Å². The predicted molar refractivity (Wildman–Crippen MR) is 287 cm³/mol. The van der Waals surface area contributed by atoms with Crippen molar-refractivity contribution >= 4 is 64.8 Å². The van der Waals surface area contributed by atoms with E-state index >= 15 is 0 Å². The molecule has 0 N–H and O–H groups in total. The SMILES string of the molecule is COc1c2cccc1Cc1cccc(c1OCC([O-])=NS(=O)(=O)c1cccc3c(N(C)C)cccc13)Cc1cccc(c1OC)Cc1cccc(c1OCC([O-])=NS(=O)(=O)c1cccc3c(N(C)C)cccc13)C2. The molecule has 14 nitrogen and oxygen atoms in total. The fourth-order valence-electron chi connectivity index (χ4n) is 9.83. The second kappa shape index (κ2) is 21.2. The summed E-state index contributed by atoms with van der Waals surface area (Å²) in [5.41, 5.74) is 7.58. The summed E-state index contributed by atoms with van der Waals surface area (Å²) in [5.74, 6) is -0.0295. The van der Waals surface area contributed by atoms with Gasteiger partial charge in [0, 0.05) is 98.6 Å². The summed E-state index contributed by atoms with van der Waals surface area (Å²) in [4.78, 5) is 3.60. The number of anilines is 2. The first-order valence-corrected chi connectivity index (χ1v) is 26.6. The summed E-state index contributed by atoms with van der Waals surface area (Å²) in [6.07, 6.45) is 1.14. The van der Waals surface area contributed by atoms with Crippen molar-refractivity contribution in [2.45, 2.75) is 35.5 Å². The second-order valence-electron chi connectivity index (χ2n) is 18.3. The van der Waals surface area contributed by atoms with Crippen molar-refractivity contribution < 1.29 is 46.0 Å². The lowest BCUT2D eigenvalue weighted by Crippen LogP contribution is -2.27. The van der Waals surface area contributed by atoms with Crippen LogP contribution in [0.1, 0.15) is 44.5 Å². The minimum absolute atomic E-state index is 0.0868. The molecular weight excluding hydrogens is 977 g/mol. The molecule has 380 valence electrons. The van der Waals surface area contributed by atoms with E-state index in [1.165, 1.54) is 12.1 Å². The number of benzene rings is 8. The Morgan fingerprint density at radius 3 is 0.986 bits per heavy atom. The molecule has 8 bridgehead atoms. The van der Waals surface area contributed by atoms with Gasteiger partial charge in [-0.25, -0.2) is 0 Å². The van der Waals surface area contributed by atoms with Gasteiger partial charge in [0.05, 0.1) is 24.0 Å². The first-order chi connectivity index (χ1) is 35.6. The average Bonchev–Trinajstić information content (AvgIpc) is 3.37. The third kappa shape index (κ3) is 10.4. The van der Waals surface area contributed by atoms with Gasteiger partial charge in [0.2, 0.25) is 0 Å². The fraction of sp³-hybridized carbons (Fsp3) is 0.207. The van der Waals surface area contributed by atoms with E-state index in [0.29, 0.717) is 66.8 Å². The molecule has 0 aliphatic heterocycles. The van der Waals surface area contributed by atoms with Crippen molar-refractivity contribution in [1.82, 2.24) is 0 Å². The van der Waals surface area contributed by atoms with E-state index < -0.39 is 45.1 Å². The monoisotopic (exact) mass is 1030 g/mol. The highest BCUT2D eigenvalue weighted by molar-refractivity contribution is 7.90. The minimum Gasteiger partial charge on any atom is -0.859 e. The Bertz CT molecular complexity index is 3410. The Labute approximate surface area is 431 Å². The molecule has 1 aliphatic rings. The van der Waals surface area contributed by atoms with Gasteiger partial charge in [0.1, 0.15) is 36.2 Å². The maximum absolute atomic E-state index is 13.8.